The quantitative estimate of drug-likeness (QED) is 0.862. The van der Waals surface area contributed by atoms with Crippen molar-refractivity contribution in [3.8, 4) is 0 Å². The maximum Gasteiger partial charge on any atom is 0.226 e. The molecule has 0 atom stereocenters. The minimum atomic E-state index is -0.0984. The third-order valence-electron chi connectivity index (χ3n) is 3.55. The van der Waals surface area contributed by atoms with Crippen LogP contribution in [-0.2, 0) is 16.0 Å². The highest BCUT2D eigenvalue weighted by Crippen LogP contribution is 2.16. The Balaban J connectivity index is 1.74. The molecular formula is C19H22N2O2. The van der Waals surface area contributed by atoms with Gasteiger partial charge in [0.2, 0.25) is 11.8 Å². The molecule has 0 saturated carbocycles. The molecule has 0 aliphatic heterocycles. The highest BCUT2D eigenvalue weighted by Gasteiger charge is 2.07. The van der Waals surface area contributed by atoms with E-state index in [4.69, 9.17) is 0 Å². The molecule has 2 N–H and O–H groups in total. The SMILES string of the molecule is Cc1ccc(C)c(NC(=O)CCNC(=O)Cc2ccccc2)c1. The molecule has 0 heterocycles. The van der Waals surface area contributed by atoms with Gasteiger partial charge in [0.15, 0.2) is 0 Å². The minimum Gasteiger partial charge on any atom is -0.355 e. The number of carbonyl (C=O) groups excluding carboxylic acids is 2. The summed E-state index contributed by atoms with van der Waals surface area (Å²) in [5.74, 6) is -0.172. The molecule has 0 spiro atoms. The van der Waals surface area contributed by atoms with Gasteiger partial charge in [0.05, 0.1) is 6.42 Å². The standard InChI is InChI=1S/C19H22N2O2/c1-14-8-9-15(2)17(12-14)21-18(22)10-11-20-19(23)13-16-6-4-3-5-7-16/h3-9,12H,10-11,13H2,1-2H3,(H,20,23)(H,21,22). The lowest BCUT2D eigenvalue weighted by Gasteiger charge is -2.10. The minimum absolute atomic E-state index is 0.0734. The highest BCUT2D eigenvalue weighted by molar-refractivity contribution is 5.92. The molecule has 0 aliphatic rings. The first-order valence-electron chi connectivity index (χ1n) is 7.72. The normalized spacial score (nSPS) is 10.2. The fraction of sp³-hybridized carbons (Fsp3) is 0.263. The number of nitrogens with one attached hydrogen (secondary N) is 2. The van der Waals surface area contributed by atoms with Crippen molar-refractivity contribution in [1.29, 1.82) is 0 Å². The Bertz CT molecular complexity index is 681. The summed E-state index contributed by atoms with van der Waals surface area (Å²) in [6, 6.07) is 15.5. The molecule has 0 saturated heterocycles. The van der Waals surface area contributed by atoms with Crippen molar-refractivity contribution in [2.24, 2.45) is 0 Å². The van der Waals surface area contributed by atoms with Crippen LogP contribution < -0.4 is 10.6 Å². The predicted octanol–water partition coefficient (Wildman–Crippen LogP) is 2.99. The maximum absolute atomic E-state index is 12.0. The lowest BCUT2D eigenvalue weighted by molar-refractivity contribution is -0.120. The summed E-state index contributed by atoms with van der Waals surface area (Å²) in [4.78, 5) is 23.8. The molecule has 2 amide bonds. The van der Waals surface area contributed by atoms with Gasteiger partial charge >= 0.3 is 0 Å². The fourth-order valence-corrected chi connectivity index (χ4v) is 2.24. The second-order valence-electron chi connectivity index (χ2n) is 5.63. The summed E-state index contributed by atoms with van der Waals surface area (Å²) in [5, 5.41) is 5.66. The fourth-order valence-electron chi connectivity index (χ4n) is 2.24. The smallest absolute Gasteiger partial charge is 0.226 e. The molecule has 0 aromatic heterocycles. The monoisotopic (exact) mass is 310 g/mol. The van der Waals surface area contributed by atoms with Crippen molar-refractivity contribution >= 4 is 17.5 Å². The summed E-state index contributed by atoms with van der Waals surface area (Å²) in [6.07, 6.45) is 0.591. The van der Waals surface area contributed by atoms with Crippen LogP contribution in [0.3, 0.4) is 0 Å². The van der Waals surface area contributed by atoms with Crippen molar-refractivity contribution in [2.75, 3.05) is 11.9 Å². The summed E-state index contributed by atoms with van der Waals surface area (Å²) in [7, 11) is 0. The van der Waals surface area contributed by atoms with Crippen molar-refractivity contribution in [1.82, 2.24) is 5.32 Å². The zero-order chi connectivity index (χ0) is 16.7. The number of anilines is 1. The molecule has 2 aromatic rings. The topological polar surface area (TPSA) is 58.2 Å². The summed E-state index contributed by atoms with van der Waals surface area (Å²) >= 11 is 0. The van der Waals surface area contributed by atoms with Gasteiger partial charge in [-0.2, -0.15) is 0 Å². The van der Waals surface area contributed by atoms with E-state index in [1.54, 1.807) is 0 Å². The largest absolute Gasteiger partial charge is 0.355 e. The van der Waals surface area contributed by atoms with Gasteiger partial charge in [-0.3, -0.25) is 9.59 Å². The molecule has 0 unspecified atom stereocenters. The lowest BCUT2D eigenvalue weighted by Crippen LogP contribution is -2.29. The first-order valence-corrected chi connectivity index (χ1v) is 7.72. The van der Waals surface area contributed by atoms with E-state index < -0.39 is 0 Å². The molecule has 2 aromatic carbocycles. The van der Waals surface area contributed by atoms with E-state index in [1.807, 2.05) is 62.4 Å². The zero-order valence-corrected chi connectivity index (χ0v) is 13.6. The van der Waals surface area contributed by atoms with Crippen LogP contribution in [0.4, 0.5) is 5.69 Å². The first kappa shape index (κ1) is 16.7. The highest BCUT2D eigenvalue weighted by atomic mass is 16.2. The lowest BCUT2D eigenvalue weighted by atomic mass is 10.1. The third kappa shape index (κ3) is 5.58. The number of benzene rings is 2. The molecule has 2 rings (SSSR count). The van der Waals surface area contributed by atoms with Crippen molar-refractivity contribution in [2.45, 2.75) is 26.7 Å². The molecule has 0 aliphatic carbocycles. The molecule has 4 heteroatoms. The van der Waals surface area contributed by atoms with Crippen LogP contribution in [-0.4, -0.2) is 18.4 Å². The maximum atomic E-state index is 12.0. The number of hydrogen-bond donors (Lipinski definition) is 2. The van der Waals surface area contributed by atoms with Crippen LogP contribution in [0.15, 0.2) is 48.5 Å². The van der Waals surface area contributed by atoms with Crippen molar-refractivity contribution in [3.63, 3.8) is 0 Å². The van der Waals surface area contributed by atoms with Crippen molar-refractivity contribution in [3.05, 3.63) is 65.2 Å². The van der Waals surface area contributed by atoms with Crippen LogP contribution in [0, 0.1) is 13.8 Å². The van der Waals surface area contributed by atoms with E-state index in [9.17, 15) is 9.59 Å². The Hall–Kier alpha value is -2.62. The second-order valence-corrected chi connectivity index (χ2v) is 5.63. The Morgan fingerprint density at radius 3 is 2.43 bits per heavy atom. The van der Waals surface area contributed by atoms with Gasteiger partial charge < -0.3 is 10.6 Å². The van der Waals surface area contributed by atoms with Crippen LogP contribution in [0.25, 0.3) is 0 Å². The van der Waals surface area contributed by atoms with Crippen LogP contribution in [0.2, 0.25) is 0 Å². The van der Waals surface area contributed by atoms with Gasteiger partial charge in [-0.05, 0) is 36.6 Å². The number of amides is 2. The summed E-state index contributed by atoms with van der Waals surface area (Å²) in [6.45, 7) is 4.28. The predicted molar refractivity (Wildman–Crippen MR) is 92.3 cm³/mol. The molecule has 0 radical (unpaired) electrons. The van der Waals surface area contributed by atoms with Crippen LogP contribution in [0.1, 0.15) is 23.1 Å². The molecule has 0 fully saturated rings. The molecule has 23 heavy (non-hydrogen) atoms. The Kier molecular flexibility index (Phi) is 5.92. The zero-order valence-electron chi connectivity index (χ0n) is 13.6. The van der Waals surface area contributed by atoms with Gasteiger partial charge in [-0.1, -0.05) is 42.5 Å². The first-order chi connectivity index (χ1) is 11.0. The summed E-state index contributed by atoms with van der Waals surface area (Å²) in [5.41, 5.74) is 3.91. The molecular weight excluding hydrogens is 288 g/mol. The van der Waals surface area contributed by atoms with E-state index in [1.165, 1.54) is 0 Å². The van der Waals surface area contributed by atoms with E-state index >= 15 is 0 Å². The average molecular weight is 310 g/mol. The van der Waals surface area contributed by atoms with E-state index in [0.717, 1.165) is 22.4 Å². The molecule has 120 valence electrons. The molecule has 4 nitrogen and oxygen atoms in total. The Labute approximate surface area is 136 Å². The van der Waals surface area contributed by atoms with Gasteiger partial charge in [-0.25, -0.2) is 0 Å². The van der Waals surface area contributed by atoms with Crippen molar-refractivity contribution < 1.29 is 9.59 Å². The summed E-state index contributed by atoms with van der Waals surface area (Å²) < 4.78 is 0. The molecule has 0 bridgehead atoms. The van der Waals surface area contributed by atoms with E-state index in [2.05, 4.69) is 10.6 Å². The third-order valence-corrected chi connectivity index (χ3v) is 3.55. The van der Waals surface area contributed by atoms with Gasteiger partial charge in [0, 0.05) is 18.7 Å². The van der Waals surface area contributed by atoms with E-state index in [0.29, 0.717) is 13.0 Å². The Morgan fingerprint density at radius 2 is 1.70 bits per heavy atom. The van der Waals surface area contributed by atoms with E-state index in [-0.39, 0.29) is 18.2 Å². The second kappa shape index (κ2) is 8.13. The van der Waals surface area contributed by atoms with Crippen LogP contribution in [0.5, 0.6) is 0 Å². The Morgan fingerprint density at radius 1 is 0.957 bits per heavy atom. The number of aryl methyl sites for hydroxylation is 2. The van der Waals surface area contributed by atoms with Gasteiger partial charge in [0.25, 0.3) is 0 Å². The van der Waals surface area contributed by atoms with Gasteiger partial charge in [0.1, 0.15) is 0 Å². The number of carbonyl (C=O) groups is 2. The number of hydrogen-bond acceptors (Lipinski definition) is 2. The average Bonchev–Trinajstić information content (AvgIpc) is 2.52. The van der Waals surface area contributed by atoms with Crippen LogP contribution >= 0.6 is 0 Å². The van der Waals surface area contributed by atoms with Gasteiger partial charge in [-0.15, -0.1) is 0 Å². The number of rotatable bonds is 6.